The minimum Gasteiger partial charge on any atom is -0.487 e. The van der Waals surface area contributed by atoms with E-state index in [-0.39, 0.29) is 5.60 Å². The lowest BCUT2D eigenvalue weighted by Crippen LogP contribution is -2.38. The van der Waals surface area contributed by atoms with Crippen LogP contribution in [0.5, 0.6) is 0 Å². The molecule has 1 saturated heterocycles. The van der Waals surface area contributed by atoms with Gasteiger partial charge in [0.25, 0.3) is 0 Å². The van der Waals surface area contributed by atoms with Gasteiger partial charge in [0.2, 0.25) is 0 Å². The first-order valence-corrected chi connectivity index (χ1v) is 13.5. The number of hydrogen-bond donors (Lipinski definition) is 1. The van der Waals surface area contributed by atoms with Crippen molar-refractivity contribution in [3.05, 3.63) is 59.4 Å². The maximum atomic E-state index is 10.2. The molecule has 6 heteroatoms. The third kappa shape index (κ3) is 11.1. The van der Waals surface area contributed by atoms with Gasteiger partial charge in [-0.2, -0.15) is 5.26 Å². The molecule has 0 unspecified atom stereocenters. The Balaban J connectivity index is 2.19. The van der Waals surface area contributed by atoms with Crippen LogP contribution >= 0.6 is 0 Å². The lowest BCUT2D eigenvalue weighted by atomic mass is 9.97. The van der Waals surface area contributed by atoms with E-state index in [1.54, 1.807) is 0 Å². The number of rotatable bonds is 13. The van der Waals surface area contributed by atoms with Crippen LogP contribution in [0.15, 0.2) is 53.8 Å². The van der Waals surface area contributed by atoms with Gasteiger partial charge in [0, 0.05) is 43.9 Å². The fraction of sp³-hybridized carbons (Fsp3) is 0.581. The van der Waals surface area contributed by atoms with Crippen LogP contribution in [-0.2, 0) is 14.2 Å². The van der Waals surface area contributed by atoms with Gasteiger partial charge in [-0.05, 0) is 71.7 Å². The number of nitrogens with one attached hydrogen (secondary N) is 1. The summed E-state index contributed by atoms with van der Waals surface area (Å²) < 4.78 is 17.8. The number of hydrogen-bond acceptors (Lipinski definition) is 6. The number of ether oxygens (including phenoxy) is 3. The van der Waals surface area contributed by atoms with Gasteiger partial charge in [0.1, 0.15) is 23.0 Å². The van der Waals surface area contributed by atoms with Crippen LogP contribution in [0.25, 0.3) is 5.57 Å². The Morgan fingerprint density at radius 1 is 1.14 bits per heavy atom. The van der Waals surface area contributed by atoms with Crippen LogP contribution in [-0.4, -0.2) is 62.1 Å². The molecule has 0 amide bonds. The van der Waals surface area contributed by atoms with Crippen LogP contribution in [0.4, 0.5) is 5.69 Å². The third-order valence-electron chi connectivity index (χ3n) is 6.03. The molecular formula is C31H47N3O3. The Hall–Kier alpha value is -2.59. The molecule has 0 spiro atoms. The first-order chi connectivity index (χ1) is 17.6. The molecule has 1 aliphatic heterocycles. The zero-order valence-corrected chi connectivity index (χ0v) is 24.0. The van der Waals surface area contributed by atoms with Crippen molar-refractivity contribution in [1.82, 2.24) is 4.90 Å². The summed E-state index contributed by atoms with van der Waals surface area (Å²) in [5.41, 5.74) is 2.76. The molecule has 1 aliphatic rings. The highest BCUT2D eigenvalue weighted by atomic mass is 16.5. The molecule has 0 aromatic heterocycles. The Morgan fingerprint density at radius 3 is 2.38 bits per heavy atom. The van der Waals surface area contributed by atoms with Gasteiger partial charge in [-0.15, -0.1) is 0 Å². The van der Waals surface area contributed by atoms with E-state index < -0.39 is 5.60 Å². The monoisotopic (exact) mass is 509 g/mol. The van der Waals surface area contributed by atoms with Crippen LogP contribution < -0.4 is 5.32 Å². The van der Waals surface area contributed by atoms with Crippen molar-refractivity contribution < 1.29 is 14.2 Å². The standard InChI is InChI=1S/C31H47N3O3/c1-8-10-27(25-12-14-26(15-13-25)33-17-18-34-19-22-35-23-20-34)28(24-32)29(11-9-2)37-31(6,7)16-21-36-30(3,4)5/h8,10-15,33H,9,16-23H2,1-7H3/b10-8-,28-27+,29-11-. The van der Waals surface area contributed by atoms with Gasteiger partial charge in [0.15, 0.2) is 0 Å². The quantitative estimate of drug-likeness (QED) is 0.184. The summed E-state index contributed by atoms with van der Waals surface area (Å²) >= 11 is 0. The summed E-state index contributed by atoms with van der Waals surface area (Å²) in [4.78, 5) is 2.41. The molecule has 2 rings (SSSR count). The predicted molar refractivity (Wildman–Crippen MR) is 153 cm³/mol. The molecule has 1 aromatic rings. The fourth-order valence-electron chi connectivity index (χ4n) is 4.02. The number of morpholine rings is 1. The van der Waals surface area contributed by atoms with Crippen LogP contribution in [0, 0.1) is 11.3 Å². The maximum absolute atomic E-state index is 10.2. The van der Waals surface area contributed by atoms with Gasteiger partial charge in [-0.1, -0.05) is 31.2 Å². The molecule has 0 atom stereocenters. The molecule has 1 fully saturated rings. The van der Waals surface area contributed by atoms with E-state index in [1.807, 2.05) is 59.8 Å². The summed E-state index contributed by atoms with van der Waals surface area (Å²) in [5, 5.41) is 13.8. The van der Waals surface area contributed by atoms with Crippen molar-refractivity contribution in [2.45, 2.75) is 72.5 Å². The van der Waals surface area contributed by atoms with Gasteiger partial charge in [-0.3, -0.25) is 4.90 Å². The van der Waals surface area contributed by atoms with E-state index in [4.69, 9.17) is 14.2 Å². The second-order valence-corrected chi connectivity index (χ2v) is 10.9. The van der Waals surface area contributed by atoms with Crippen molar-refractivity contribution >= 4 is 11.3 Å². The number of benzene rings is 1. The van der Waals surface area contributed by atoms with Crippen molar-refractivity contribution in [2.24, 2.45) is 0 Å². The SMILES string of the molecule is C\C=C/C(=C(C#N)\C(=C\CC)OC(C)(C)CCOC(C)(C)C)c1ccc(NCCN2CCOCC2)cc1. The average Bonchev–Trinajstić information content (AvgIpc) is 2.84. The predicted octanol–water partition coefficient (Wildman–Crippen LogP) is 6.58. The molecule has 204 valence electrons. The van der Waals surface area contributed by atoms with Crippen molar-refractivity contribution in [3.8, 4) is 6.07 Å². The number of anilines is 1. The minimum atomic E-state index is -0.482. The molecule has 0 radical (unpaired) electrons. The molecule has 6 nitrogen and oxygen atoms in total. The Bertz CT molecular complexity index is 957. The fourth-order valence-corrected chi connectivity index (χ4v) is 4.02. The second kappa shape index (κ2) is 15.0. The molecule has 0 saturated carbocycles. The van der Waals surface area contributed by atoms with E-state index in [9.17, 15) is 5.26 Å². The van der Waals surface area contributed by atoms with E-state index in [0.717, 1.165) is 62.6 Å². The maximum Gasteiger partial charge on any atom is 0.134 e. The van der Waals surface area contributed by atoms with E-state index in [0.29, 0.717) is 24.4 Å². The van der Waals surface area contributed by atoms with Crippen LogP contribution in [0.3, 0.4) is 0 Å². The number of nitrogens with zero attached hydrogens (tertiary/aromatic N) is 2. The Morgan fingerprint density at radius 2 is 1.81 bits per heavy atom. The number of allylic oxidation sites excluding steroid dienone is 5. The summed E-state index contributed by atoms with van der Waals surface area (Å²) in [5.74, 6) is 0.617. The first kappa shape index (κ1) is 30.6. The second-order valence-electron chi connectivity index (χ2n) is 10.9. The number of nitriles is 1. The van der Waals surface area contributed by atoms with Gasteiger partial charge >= 0.3 is 0 Å². The molecule has 0 aliphatic carbocycles. The molecular weight excluding hydrogens is 462 g/mol. The highest BCUT2D eigenvalue weighted by molar-refractivity contribution is 5.82. The van der Waals surface area contributed by atoms with E-state index in [2.05, 4.69) is 47.5 Å². The summed E-state index contributed by atoms with van der Waals surface area (Å²) in [6.07, 6.45) is 7.43. The van der Waals surface area contributed by atoms with E-state index in [1.165, 1.54) is 0 Å². The van der Waals surface area contributed by atoms with Gasteiger partial charge in [-0.25, -0.2) is 0 Å². The minimum absolute atomic E-state index is 0.196. The molecule has 1 N–H and O–H groups in total. The average molecular weight is 510 g/mol. The first-order valence-electron chi connectivity index (χ1n) is 13.5. The molecule has 37 heavy (non-hydrogen) atoms. The summed E-state index contributed by atoms with van der Waals surface area (Å²) in [7, 11) is 0. The Kier molecular flexibility index (Phi) is 12.4. The third-order valence-corrected chi connectivity index (χ3v) is 6.03. The Labute approximate surface area is 225 Å². The van der Waals surface area contributed by atoms with Gasteiger partial charge < -0.3 is 19.5 Å². The van der Waals surface area contributed by atoms with Crippen molar-refractivity contribution in [2.75, 3.05) is 51.3 Å². The summed E-state index contributed by atoms with van der Waals surface area (Å²) in [6.45, 7) is 20.3. The summed E-state index contributed by atoms with van der Waals surface area (Å²) in [6, 6.07) is 10.7. The highest BCUT2D eigenvalue weighted by Crippen LogP contribution is 2.31. The van der Waals surface area contributed by atoms with Gasteiger partial charge in [0.05, 0.1) is 25.4 Å². The molecule has 1 heterocycles. The van der Waals surface area contributed by atoms with Crippen LogP contribution in [0.1, 0.15) is 66.9 Å². The molecule has 0 bridgehead atoms. The van der Waals surface area contributed by atoms with Crippen molar-refractivity contribution in [1.29, 1.82) is 5.26 Å². The van der Waals surface area contributed by atoms with Crippen molar-refractivity contribution in [3.63, 3.8) is 0 Å². The lowest BCUT2D eigenvalue weighted by Gasteiger charge is -2.30. The van der Waals surface area contributed by atoms with E-state index >= 15 is 0 Å². The lowest BCUT2D eigenvalue weighted by molar-refractivity contribution is -0.0441. The highest BCUT2D eigenvalue weighted by Gasteiger charge is 2.25. The zero-order chi connectivity index (χ0) is 27.3. The smallest absolute Gasteiger partial charge is 0.134 e. The molecule has 1 aromatic carbocycles. The zero-order valence-electron chi connectivity index (χ0n) is 24.0. The normalized spacial score (nSPS) is 16.4. The largest absolute Gasteiger partial charge is 0.487 e. The van der Waals surface area contributed by atoms with Crippen LogP contribution in [0.2, 0.25) is 0 Å². The topological polar surface area (TPSA) is 66.8 Å².